The lowest BCUT2D eigenvalue weighted by Crippen LogP contribution is -2.37. The Kier molecular flexibility index (Phi) is 7.82. The Morgan fingerprint density at radius 1 is 1.24 bits per heavy atom. The van der Waals surface area contributed by atoms with E-state index in [9.17, 15) is 0 Å². The van der Waals surface area contributed by atoms with E-state index in [0.717, 1.165) is 45.3 Å². The second-order valence-electron chi connectivity index (χ2n) is 5.59. The number of hydrogen-bond acceptors (Lipinski definition) is 3. The molecule has 1 fully saturated rings. The molecule has 0 aliphatic heterocycles. The molecule has 0 aromatic rings. The Bertz CT molecular complexity index is 179. The average Bonchev–Trinajstić information content (AvgIpc) is 2.81. The van der Waals surface area contributed by atoms with Gasteiger partial charge < -0.3 is 10.5 Å². The zero-order valence-electron chi connectivity index (χ0n) is 11.7. The fourth-order valence-electron chi connectivity index (χ4n) is 2.54. The van der Waals surface area contributed by atoms with Crippen LogP contribution in [0.1, 0.15) is 46.0 Å². The molecular weight excluding hydrogens is 212 g/mol. The minimum atomic E-state index is 0.638. The van der Waals surface area contributed by atoms with Crippen molar-refractivity contribution in [3.8, 4) is 0 Å². The van der Waals surface area contributed by atoms with Crippen molar-refractivity contribution in [3.63, 3.8) is 0 Å². The number of hydrogen-bond donors (Lipinski definition) is 1. The van der Waals surface area contributed by atoms with Crippen molar-refractivity contribution in [2.24, 2.45) is 11.7 Å². The van der Waals surface area contributed by atoms with E-state index in [-0.39, 0.29) is 0 Å². The van der Waals surface area contributed by atoms with Gasteiger partial charge in [0.05, 0.1) is 6.61 Å². The molecule has 1 aliphatic carbocycles. The molecule has 1 aliphatic rings. The van der Waals surface area contributed by atoms with Crippen LogP contribution in [0.2, 0.25) is 0 Å². The lowest BCUT2D eigenvalue weighted by Gasteiger charge is -2.28. The molecule has 0 atom stereocenters. The molecule has 0 saturated heterocycles. The van der Waals surface area contributed by atoms with Crippen LogP contribution in [0.15, 0.2) is 0 Å². The Hall–Kier alpha value is -0.120. The maximum Gasteiger partial charge on any atom is 0.0593 e. The SMILES string of the molecule is CC(C)COCCN(CCCN)C1CCCC1. The summed E-state index contributed by atoms with van der Waals surface area (Å²) in [5.41, 5.74) is 5.61. The molecule has 0 amide bonds. The molecule has 0 radical (unpaired) electrons. The van der Waals surface area contributed by atoms with Crippen molar-refractivity contribution in [1.82, 2.24) is 4.90 Å². The minimum absolute atomic E-state index is 0.638. The fraction of sp³-hybridized carbons (Fsp3) is 1.00. The highest BCUT2D eigenvalue weighted by Crippen LogP contribution is 2.23. The van der Waals surface area contributed by atoms with Crippen LogP contribution in [-0.2, 0) is 4.74 Å². The number of ether oxygens (including phenoxy) is 1. The average molecular weight is 242 g/mol. The zero-order chi connectivity index (χ0) is 12.5. The molecule has 2 N–H and O–H groups in total. The van der Waals surface area contributed by atoms with Gasteiger partial charge in [-0.2, -0.15) is 0 Å². The summed E-state index contributed by atoms with van der Waals surface area (Å²) < 4.78 is 5.69. The highest BCUT2D eigenvalue weighted by Gasteiger charge is 2.21. The van der Waals surface area contributed by atoms with Gasteiger partial charge in [0.15, 0.2) is 0 Å². The largest absolute Gasteiger partial charge is 0.380 e. The van der Waals surface area contributed by atoms with E-state index in [4.69, 9.17) is 10.5 Å². The molecule has 17 heavy (non-hydrogen) atoms. The molecule has 102 valence electrons. The third-order valence-corrected chi connectivity index (χ3v) is 3.46. The lowest BCUT2D eigenvalue weighted by molar-refractivity contribution is 0.0722. The van der Waals surface area contributed by atoms with Crippen molar-refractivity contribution in [2.75, 3.05) is 32.8 Å². The van der Waals surface area contributed by atoms with E-state index in [1.807, 2.05) is 0 Å². The van der Waals surface area contributed by atoms with Crippen LogP contribution in [0.25, 0.3) is 0 Å². The van der Waals surface area contributed by atoms with Crippen LogP contribution in [0.3, 0.4) is 0 Å². The molecule has 0 bridgehead atoms. The third kappa shape index (κ3) is 6.39. The van der Waals surface area contributed by atoms with Crippen molar-refractivity contribution in [1.29, 1.82) is 0 Å². The molecule has 0 unspecified atom stereocenters. The second kappa shape index (κ2) is 8.90. The maximum absolute atomic E-state index is 5.69. The van der Waals surface area contributed by atoms with Crippen LogP contribution < -0.4 is 5.73 Å². The van der Waals surface area contributed by atoms with Gasteiger partial charge in [0, 0.05) is 19.2 Å². The Balaban J connectivity index is 2.20. The Morgan fingerprint density at radius 2 is 1.94 bits per heavy atom. The summed E-state index contributed by atoms with van der Waals surface area (Å²) in [5.74, 6) is 0.638. The first-order valence-corrected chi connectivity index (χ1v) is 7.26. The van der Waals surface area contributed by atoms with Gasteiger partial charge in [0.25, 0.3) is 0 Å². The van der Waals surface area contributed by atoms with Gasteiger partial charge in [-0.05, 0) is 38.3 Å². The van der Waals surface area contributed by atoms with Gasteiger partial charge in [-0.3, -0.25) is 4.90 Å². The number of nitrogens with zero attached hydrogens (tertiary/aromatic N) is 1. The van der Waals surface area contributed by atoms with Gasteiger partial charge in [-0.25, -0.2) is 0 Å². The lowest BCUT2D eigenvalue weighted by atomic mass is 10.2. The second-order valence-corrected chi connectivity index (χ2v) is 5.59. The molecular formula is C14H30N2O. The summed E-state index contributed by atoms with van der Waals surface area (Å²) >= 11 is 0. The van der Waals surface area contributed by atoms with Crippen LogP contribution >= 0.6 is 0 Å². The van der Waals surface area contributed by atoms with Crippen molar-refractivity contribution >= 4 is 0 Å². The van der Waals surface area contributed by atoms with E-state index >= 15 is 0 Å². The smallest absolute Gasteiger partial charge is 0.0593 e. The Labute approximate surface area is 107 Å². The molecule has 0 aromatic heterocycles. The van der Waals surface area contributed by atoms with E-state index in [2.05, 4.69) is 18.7 Å². The molecule has 1 rings (SSSR count). The summed E-state index contributed by atoms with van der Waals surface area (Å²) in [6.45, 7) is 9.18. The first-order valence-electron chi connectivity index (χ1n) is 7.26. The summed E-state index contributed by atoms with van der Waals surface area (Å²) in [6, 6.07) is 0.796. The standard InChI is InChI=1S/C14H30N2O/c1-13(2)12-17-11-10-16(9-5-8-15)14-6-3-4-7-14/h13-14H,3-12,15H2,1-2H3. The van der Waals surface area contributed by atoms with Gasteiger partial charge >= 0.3 is 0 Å². The normalized spacial score (nSPS) is 17.5. The van der Waals surface area contributed by atoms with Crippen LogP contribution in [0.5, 0.6) is 0 Å². The first-order chi connectivity index (χ1) is 8.24. The highest BCUT2D eigenvalue weighted by atomic mass is 16.5. The summed E-state index contributed by atoms with van der Waals surface area (Å²) in [7, 11) is 0. The molecule has 1 saturated carbocycles. The summed E-state index contributed by atoms with van der Waals surface area (Å²) in [6.07, 6.45) is 6.65. The van der Waals surface area contributed by atoms with E-state index in [1.165, 1.54) is 25.7 Å². The topological polar surface area (TPSA) is 38.5 Å². The van der Waals surface area contributed by atoms with Crippen molar-refractivity contribution < 1.29 is 4.74 Å². The van der Waals surface area contributed by atoms with Crippen LogP contribution in [0, 0.1) is 5.92 Å². The fourth-order valence-corrected chi connectivity index (χ4v) is 2.54. The molecule has 0 aromatic carbocycles. The molecule has 0 spiro atoms. The van der Waals surface area contributed by atoms with Crippen molar-refractivity contribution in [3.05, 3.63) is 0 Å². The minimum Gasteiger partial charge on any atom is -0.380 e. The quantitative estimate of drug-likeness (QED) is 0.630. The van der Waals surface area contributed by atoms with E-state index < -0.39 is 0 Å². The van der Waals surface area contributed by atoms with Crippen molar-refractivity contribution in [2.45, 2.75) is 52.0 Å². The third-order valence-electron chi connectivity index (χ3n) is 3.46. The van der Waals surface area contributed by atoms with Crippen LogP contribution in [-0.4, -0.2) is 43.8 Å². The Morgan fingerprint density at radius 3 is 2.53 bits per heavy atom. The highest BCUT2D eigenvalue weighted by molar-refractivity contribution is 4.77. The van der Waals surface area contributed by atoms with Crippen LogP contribution in [0.4, 0.5) is 0 Å². The predicted octanol–water partition coefficient (Wildman–Crippen LogP) is 2.25. The first kappa shape index (κ1) is 14.9. The molecule has 3 nitrogen and oxygen atoms in total. The molecule has 0 heterocycles. The van der Waals surface area contributed by atoms with Gasteiger partial charge in [-0.1, -0.05) is 26.7 Å². The molecule has 3 heteroatoms. The predicted molar refractivity (Wildman–Crippen MR) is 73.2 cm³/mol. The summed E-state index contributed by atoms with van der Waals surface area (Å²) in [4.78, 5) is 2.60. The monoisotopic (exact) mass is 242 g/mol. The van der Waals surface area contributed by atoms with Gasteiger partial charge in [0.1, 0.15) is 0 Å². The van der Waals surface area contributed by atoms with Gasteiger partial charge in [-0.15, -0.1) is 0 Å². The summed E-state index contributed by atoms with van der Waals surface area (Å²) in [5, 5.41) is 0. The van der Waals surface area contributed by atoms with Gasteiger partial charge in [0.2, 0.25) is 0 Å². The maximum atomic E-state index is 5.69. The number of nitrogens with two attached hydrogens (primary N) is 1. The van der Waals surface area contributed by atoms with E-state index in [1.54, 1.807) is 0 Å². The number of rotatable bonds is 9. The van der Waals surface area contributed by atoms with E-state index in [0.29, 0.717) is 5.92 Å². The zero-order valence-corrected chi connectivity index (χ0v) is 11.7.